The minimum atomic E-state index is -0.250. The predicted octanol–water partition coefficient (Wildman–Crippen LogP) is 2.09. The van der Waals surface area contributed by atoms with Gasteiger partial charge in [-0.05, 0) is 43.5 Å². The molecule has 2 heterocycles. The van der Waals surface area contributed by atoms with Gasteiger partial charge >= 0.3 is 0 Å². The van der Waals surface area contributed by atoms with Gasteiger partial charge in [0, 0.05) is 44.5 Å². The molecule has 1 aromatic carbocycles. The number of rotatable bonds is 5. The highest BCUT2D eigenvalue weighted by atomic mass is 16.5. The summed E-state index contributed by atoms with van der Waals surface area (Å²) in [6, 6.07) is 9.83. The lowest BCUT2D eigenvalue weighted by atomic mass is 10.1. The van der Waals surface area contributed by atoms with E-state index in [4.69, 9.17) is 20.4 Å². The molecule has 0 atom stereocenters. The number of anilines is 1. The lowest BCUT2D eigenvalue weighted by Crippen LogP contribution is -2.38. The van der Waals surface area contributed by atoms with Crippen molar-refractivity contribution in [1.29, 1.82) is 0 Å². The Morgan fingerprint density at radius 1 is 1.20 bits per heavy atom. The molecule has 162 valence electrons. The van der Waals surface area contributed by atoms with Gasteiger partial charge in [0.15, 0.2) is 6.61 Å². The van der Waals surface area contributed by atoms with Gasteiger partial charge < -0.3 is 20.5 Å². The summed E-state index contributed by atoms with van der Waals surface area (Å²) in [5, 5.41) is 6.89. The van der Waals surface area contributed by atoms with Crippen LogP contribution < -0.4 is 10.5 Å². The second kappa shape index (κ2) is 11.8. The molecule has 3 N–H and O–H groups in total. The fraction of sp³-hybridized carbons (Fsp3) is 0.409. The Morgan fingerprint density at radius 3 is 2.70 bits per heavy atom. The molecule has 2 aromatic rings. The number of ether oxygens (including phenoxy) is 1. The lowest BCUT2D eigenvalue weighted by Gasteiger charge is -2.22. The number of carbonyl (C=O) groups is 2. The fourth-order valence-corrected chi connectivity index (χ4v) is 3.32. The van der Waals surface area contributed by atoms with E-state index in [0.717, 1.165) is 49.5 Å². The van der Waals surface area contributed by atoms with Gasteiger partial charge in [-0.15, -0.1) is 0 Å². The van der Waals surface area contributed by atoms with Crippen LogP contribution in [0.15, 0.2) is 36.5 Å². The molecule has 3 rings (SSSR count). The molecule has 0 aliphatic carbocycles. The molecular weight excluding hydrogens is 384 g/mol. The molecule has 1 fully saturated rings. The number of pyridine rings is 1. The van der Waals surface area contributed by atoms with Gasteiger partial charge in [-0.3, -0.25) is 14.5 Å². The first-order chi connectivity index (χ1) is 14.5. The molecule has 8 nitrogen and oxygen atoms in total. The van der Waals surface area contributed by atoms with Crippen LogP contribution in [0.4, 0.5) is 5.82 Å². The maximum Gasteiger partial charge on any atom is 0.290 e. The summed E-state index contributed by atoms with van der Waals surface area (Å²) in [7, 11) is 0. The quantitative estimate of drug-likeness (QED) is 0.721. The van der Waals surface area contributed by atoms with E-state index in [2.05, 4.69) is 9.88 Å². The summed E-state index contributed by atoms with van der Waals surface area (Å²) in [5.41, 5.74) is 9.24. The molecule has 0 saturated carbocycles. The smallest absolute Gasteiger partial charge is 0.290 e. The zero-order valence-corrected chi connectivity index (χ0v) is 17.6. The number of aromatic nitrogens is 1. The third-order valence-electron chi connectivity index (χ3n) is 5.17. The Hall–Kier alpha value is -3.13. The maximum absolute atomic E-state index is 12.6. The van der Waals surface area contributed by atoms with Crippen LogP contribution in [-0.4, -0.2) is 65.1 Å². The topological polar surface area (TPSA) is 109 Å². The van der Waals surface area contributed by atoms with E-state index in [9.17, 15) is 4.79 Å². The largest absolute Gasteiger partial charge is 0.483 e. The van der Waals surface area contributed by atoms with E-state index in [0.29, 0.717) is 12.4 Å². The number of hydrogen-bond donors (Lipinski definition) is 2. The van der Waals surface area contributed by atoms with Gasteiger partial charge in [-0.25, -0.2) is 4.98 Å². The summed E-state index contributed by atoms with van der Waals surface area (Å²) < 4.78 is 5.78. The number of carboxylic acid groups (broad SMARTS) is 1. The molecule has 1 aromatic heterocycles. The normalized spacial score (nSPS) is 14.3. The Kier molecular flexibility index (Phi) is 9.08. The average molecular weight is 415 g/mol. The van der Waals surface area contributed by atoms with Gasteiger partial charge in [0.1, 0.15) is 11.6 Å². The second-order valence-corrected chi connectivity index (χ2v) is 7.15. The number of hydrogen-bond acceptors (Lipinski definition) is 6. The molecular formula is C22H30N4O4. The SMILES string of the molecule is Cc1cccc(OCC(=O)N2CCCN(Cc3cccnc3N)CC2)c1C.O=CO. The van der Waals surface area contributed by atoms with E-state index >= 15 is 0 Å². The van der Waals surface area contributed by atoms with Crippen molar-refractivity contribution in [2.45, 2.75) is 26.8 Å². The third-order valence-corrected chi connectivity index (χ3v) is 5.17. The molecule has 0 radical (unpaired) electrons. The van der Waals surface area contributed by atoms with Crippen LogP contribution in [0.25, 0.3) is 0 Å². The molecule has 8 heteroatoms. The molecule has 0 unspecified atom stereocenters. The van der Waals surface area contributed by atoms with E-state index in [1.54, 1.807) is 6.20 Å². The number of amides is 1. The second-order valence-electron chi connectivity index (χ2n) is 7.15. The zero-order valence-electron chi connectivity index (χ0n) is 17.6. The molecule has 1 amide bonds. The maximum atomic E-state index is 12.6. The van der Waals surface area contributed by atoms with Gasteiger partial charge in [-0.2, -0.15) is 0 Å². The van der Waals surface area contributed by atoms with Crippen molar-refractivity contribution in [3.8, 4) is 5.75 Å². The molecule has 1 aliphatic rings. The van der Waals surface area contributed by atoms with Crippen molar-refractivity contribution in [1.82, 2.24) is 14.8 Å². The standard InChI is InChI=1S/C21H28N4O2.CH2O2/c1-16-6-3-8-19(17(16)2)27-15-20(26)25-11-5-10-24(12-13-25)14-18-7-4-9-23-21(18)22;2-1-3/h3-4,6-9H,5,10-15H2,1-2H3,(H2,22,23);1H,(H,2,3). The van der Waals surface area contributed by atoms with Crippen LogP contribution in [0.5, 0.6) is 5.75 Å². The first-order valence-corrected chi connectivity index (χ1v) is 9.92. The van der Waals surface area contributed by atoms with Crippen molar-refractivity contribution < 1.29 is 19.4 Å². The number of benzene rings is 1. The van der Waals surface area contributed by atoms with Crippen molar-refractivity contribution in [3.05, 3.63) is 53.2 Å². The first kappa shape index (κ1) is 23.2. The average Bonchev–Trinajstić information content (AvgIpc) is 2.97. The number of aryl methyl sites for hydroxylation is 1. The molecule has 0 spiro atoms. The predicted molar refractivity (Wildman–Crippen MR) is 115 cm³/mol. The number of carbonyl (C=O) groups excluding carboxylic acids is 1. The first-order valence-electron chi connectivity index (χ1n) is 9.92. The van der Waals surface area contributed by atoms with Crippen LogP contribution in [0, 0.1) is 13.8 Å². The van der Waals surface area contributed by atoms with E-state index in [1.165, 1.54) is 5.56 Å². The van der Waals surface area contributed by atoms with E-state index < -0.39 is 0 Å². The molecule has 30 heavy (non-hydrogen) atoms. The Labute approximate surface area is 177 Å². The van der Waals surface area contributed by atoms with Crippen molar-refractivity contribution in [3.63, 3.8) is 0 Å². The van der Waals surface area contributed by atoms with Crippen molar-refractivity contribution in [2.24, 2.45) is 0 Å². The zero-order chi connectivity index (χ0) is 21.9. The highest BCUT2D eigenvalue weighted by Crippen LogP contribution is 2.20. The van der Waals surface area contributed by atoms with E-state index in [1.807, 2.05) is 49.1 Å². The number of nitrogens with zero attached hydrogens (tertiary/aromatic N) is 3. The third kappa shape index (κ3) is 6.73. The number of nitrogen functional groups attached to an aromatic ring is 1. The monoisotopic (exact) mass is 414 g/mol. The highest BCUT2D eigenvalue weighted by Gasteiger charge is 2.20. The van der Waals surface area contributed by atoms with Crippen LogP contribution in [0.3, 0.4) is 0 Å². The van der Waals surface area contributed by atoms with Gasteiger partial charge in [-0.1, -0.05) is 18.2 Å². The summed E-state index contributed by atoms with van der Waals surface area (Å²) in [6.07, 6.45) is 2.65. The summed E-state index contributed by atoms with van der Waals surface area (Å²) in [5.74, 6) is 1.40. The molecule has 1 aliphatic heterocycles. The summed E-state index contributed by atoms with van der Waals surface area (Å²) in [4.78, 5) is 29.3. The lowest BCUT2D eigenvalue weighted by molar-refractivity contribution is -0.133. The van der Waals surface area contributed by atoms with Crippen molar-refractivity contribution in [2.75, 3.05) is 38.5 Å². The summed E-state index contributed by atoms with van der Waals surface area (Å²) >= 11 is 0. The Balaban J connectivity index is 0.00000101. The Bertz CT molecular complexity index is 844. The van der Waals surface area contributed by atoms with Crippen molar-refractivity contribution >= 4 is 18.2 Å². The van der Waals surface area contributed by atoms with Crippen LogP contribution in [0.1, 0.15) is 23.1 Å². The summed E-state index contributed by atoms with van der Waals surface area (Å²) in [6.45, 7) is 7.88. The minimum Gasteiger partial charge on any atom is -0.483 e. The van der Waals surface area contributed by atoms with Gasteiger partial charge in [0.2, 0.25) is 0 Å². The fourth-order valence-electron chi connectivity index (χ4n) is 3.32. The molecule has 1 saturated heterocycles. The van der Waals surface area contributed by atoms with Gasteiger partial charge in [0.25, 0.3) is 12.4 Å². The van der Waals surface area contributed by atoms with E-state index in [-0.39, 0.29) is 19.0 Å². The van der Waals surface area contributed by atoms with Crippen LogP contribution in [0.2, 0.25) is 0 Å². The highest BCUT2D eigenvalue weighted by molar-refractivity contribution is 5.77. The van der Waals surface area contributed by atoms with Gasteiger partial charge in [0.05, 0.1) is 0 Å². The Morgan fingerprint density at radius 2 is 1.97 bits per heavy atom. The molecule has 0 bridgehead atoms. The minimum absolute atomic E-state index is 0.0404. The van der Waals surface area contributed by atoms with Crippen LogP contribution in [-0.2, 0) is 16.1 Å². The number of nitrogens with two attached hydrogens (primary N) is 1. The van der Waals surface area contributed by atoms with Crippen LogP contribution >= 0.6 is 0 Å².